The second-order valence-corrected chi connectivity index (χ2v) is 1.30. The van der Waals surface area contributed by atoms with Crippen molar-refractivity contribution in [3.63, 3.8) is 0 Å². The Bertz CT molecular complexity index is 59.5. The second kappa shape index (κ2) is 2.94. The molecular weight excluding hydrogens is 118 g/mol. The third-order valence-corrected chi connectivity index (χ3v) is 0.480. The molecule has 1 N–H and O–H groups in total. The first kappa shape index (κ1) is 7.78. The van der Waals surface area contributed by atoms with Crippen molar-refractivity contribution in [2.24, 2.45) is 0 Å². The monoisotopic (exact) mass is 126 g/mol. The molecule has 0 amide bonds. The number of alkyl halides is 2. The SMILES string of the molecule is CCOCC(O)(F)F. The van der Waals surface area contributed by atoms with E-state index >= 15 is 0 Å². The molecule has 0 atom stereocenters. The number of rotatable bonds is 3. The van der Waals surface area contributed by atoms with Crippen LogP contribution in [0.1, 0.15) is 6.92 Å². The number of hydrogen-bond acceptors (Lipinski definition) is 2. The summed E-state index contributed by atoms with van der Waals surface area (Å²) in [6.45, 7) is 0.853. The van der Waals surface area contributed by atoms with Gasteiger partial charge in [-0.25, -0.2) is 0 Å². The van der Waals surface area contributed by atoms with Crippen LogP contribution in [0.2, 0.25) is 0 Å². The maximum atomic E-state index is 11.3. The zero-order valence-electron chi connectivity index (χ0n) is 4.53. The third-order valence-electron chi connectivity index (χ3n) is 0.480. The van der Waals surface area contributed by atoms with E-state index in [-0.39, 0.29) is 6.61 Å². The topological polar surface area (TPSA) is 29.5 Å². The van der Waals surface area contributed by atoms with Gasteiger partial charge in [0.2, 0.25) is 0 Å². The minimum atomic E-state index is -3.67. The molecule has 0 aromatic rings. The average molecular weight is 126 g/mol. The van der Waals surface area contributed by atoms with Gasteiger partial charge in [0.1, 0.15) is 6.61 Å². The Morgan fingerprint density at radius 1 is 1.62 bits per heavy atom. The zero-order chi connectivity index (χ0) is 6.62. The van der Waals surface area contributed by atoms with Gasteiger partial charge in [-0.3, -0.25) is 0 Å². The van der Waals surface area contributed by atoms with Crippen molar-refractivity contribution in [3.8, 4) is 0 Å². The van der Waals surface area contributed by atoms with E-state index in [1.165, 1.54) is 0 Å². The number of halogens is 2. The van der Waals surface area contributed by atoms with Crippen LogP contribution in [0.3, 0.4) is 0 Å². The van der Waals surface area contributed by atoms with E-state index < -0.39 is 12.7 Å². The molecule has 8 heavy (non-hydrogen) atoms. The quantitative estimate of drug-likeness (QED) is 0.600. The second-order valence-electron chi connectivity index (χ2n) is 1.30. The van der Waals surface area contributed by atoms with E-state index in [9.17, 15) is 8.78 Å². The van der Waals surface area contributed by atoms with Crippen LogP contribution in [0.25, 0.3) is 0 Å². The molecule has 0 saturated heterocycles. The highest BCUT2D eigenvalue weighted by Crippen LogP contribution is 2.06. The molecule has 0 aliphatic heterocycles. The van der Waals surface area contributed by atoms with Crippen molar-refractivity contribution in [2.45, 2.75) is 13.0 Å². The molecule has 0 radical (unpaired) electrons. The molecule has 0 aromatic carbocycles. The fourth-order valence-corrected chi connectivity index (χ4v) is 0.225. The molecule has 0 aliphatic rings. The molecule has 0 rings (SSSR count). The molecule has 0 saturated carbocycles. The van der Waals surface area contributed by atoms with Crippen LogP contribution in [0, 0.1) is 0 Å². The Morgan fingerprint density at radius 3 is 2.25 bits per heavy atom. The van der Waals surface area contributed by atoms with E-state index in [1.807, 2.05) is 0 Å². The van der Waals surface area contributed by atoms with Gasteiger partial charge < -0.3 is 9.84 Å². The molecule has 0 aromatic heterocycles. The summed E-state index contributed by atoms with van der Waals surface area (Å²) in [5.74, 6) is 0. The van der Waals surface area contributed by atoms with Gasteiger partial charge >= 0.3 is 6.11 Å². The first-order valence-electron chi connectivity index (χ1n) is 2.24. The molecule has 2 nitrogen and oxygen atoms in total. The lowest BCUT2D eigenvalue weighted by Gasteiger charge is -2.06. The van der Waals surface area contributed by atoms with Gasteiger partial charge in [0.05, 0.1) is 0 Å². The standard InChI is InChI=1S/C4H8F2O2/c1-2-8-3-4(5,6)7/h7H,2-3H2,1H3. The Morgan fingerprint density at radius 2 is 2.12 bits per heavy atom. The maximum Gasteiger partial charge on any atom is 0.376 e. The molecule has 0 spiro atoms. The summed E-state index contributed by atoms with van der Waals surface area (Å²) in [7, 11) is 0. The minimum absolute atomic E-state index is 0.191. The van der Waals surface area contributed by atoms with Gasteiger partial charge in [-0.05, 0) is 6.92 Å². The van der Waals surface area contributed by atoms with Gasteiger partial charge in [0.15, 0.2) is 0 Å². The highest BCUT2D eigenvalue weighted by atomic mass is 19.3. The van der Waals surface area contributed by atoms with Gasteiger partial charge in [-0.2, -0.15) is 8.78 Å². The first-order valence-corrected chi connectivity index (χ1v) is 2.24. The van der Waals surface area contributed by atoms with Crippen molar-refractivity contribution in [1.29, 1.82) is 0 Å². The van der Waals surface area contributed by atoms with Crippen LogP contribution < -0.4 is 0 Å². The zero-order valence-corrected chi connectivity index (χ0v) is 4.53. The number of ether oxygens (including phenoxy) is 1. The van der Waals surface area contributed by atoms with Crippen molar-refractivity contribution in [3.05, 3.63) is 0 Å². The summed E-state index contributed by atoms with van der Waals surface area (Å²) in [5.41, 5.74) is 0. The Kier molecular flexibility index (Phi) is 2.86. The van der Waals surface area contributed by atoms with Crippen molar-refractivity contribution >= 4 is 0 Å². The molecule has 0 unspecified atom stereocenters. The van der Waals surface area contributed by atoms with Crippen molar-refractivity contribution in [1.82, 2.24) is 0 Å². The fourth-order valence-electron chi connectivity index (χ4n) is 0.225. The molecule has 0 bridgehead atoms. The normalized spacial score (nSPS) is 12.0. The molecule has 50 valence electrons. The summed E-state index contributed by atoms with van der Waals surface area (Å²) in [4.78, 5) is 0. The molecule has 0 aliphatic carbocycles. The fraction of sp³-hybridized carbons (Fsp3) is 1.00. The van der Waals surface area contributed by atoms with Crippen LogP contribution in [-0.2, 0) is 4.74 Å². The Labute approximate surface area is 46.1 Å². The highest BCUT2D eigenvalue weighted by Gasteiger charge is 2.23. The van der Waals surface area contributed by atoms with Gasteiger partial charge in [-0.1, -0.05) is 0 Å². The summed E-state index contributed by atoms with van der Waals surface area (Å²) in [6.07, 6.45) is -3.67. The molecule has 4 heteroatoms. The smallest absolute Gasteiger partial charge is 0.373 e. The summed E-state index contributed by atoms with van der Waals surface area (Å²) < 4.78 is 26.9. The van der Waals surface area contributed by atoms with E-state index in [0.29, 0.717) is 0 Å². The minimum Gasteiger partial charge on any atom is -0.373 e. The van der Waals surface area contributed by atoms with Crippen molar-refractivity contribution in [2.75, 3.05) is 13.2 Å². The maximum absolute atomic E-state index is 11.3. The van der Waals surface area contributed by atoms with Gasteiger partial charge in [0.25, 0.3) is 0 Å². The van der Waals surface area contributed by atoms with Crippen LogP contribution >= 0.6 is 0 Å². The summed E-state index contributed by atoms with van der Waals surface area (Å²) in [6, 6.07) is 0. The number of hydrogen-bond donors (Lipinski definition) is 1. The Balaban J connectivity index is 3.11. The van der Waals surface area contributed by atoms with E-state index in [1.54, 1.807) is 6.92 Å². The van der Waals surface area contributed by atoms with Gasteiger partial charge in [-0.15, -0.1) is 0 Å². The third kappa shape index (κ3) is 5.78. The van der Waals surface area contributed by atoms with Gasteiger partial charge in [0, 0.05) is 6.61 Å². The van der Waals surface area contributed by atoms with Crippen molar-refractivity contribution < 1.29 is 18.6 Å². The van der Waals surface area contributed by atoms with E-state index in [2.05, 4.69) is 4.74 Å². The lowest BCUT2D eigenvalue weighted by Crippen LogP contribution is -2.22. The van der Waals surface area contributed by atoms with Crippen LogP contribution in [-0.4, -0.2) is 24.4 Å². The number of aliphatic hydroxyl groups is 1. The lowest BCUT2D eigenvalue weighted by molar-refractivity contribution is -0.230. The van der Waals surface area contributed by atoms with Crippen LogP contribution in [0.4, 0.5) is 8.78 Å². The largest absolute Gasteiger partial charge is 0.376 e. The van der Waals surface area contributed by atoms with Crippen LogP contribution in [0.5, 0.6) is 0 Å². The first-order chi connectivity index (χ1) is 3.56. The van der Waals surface area contributed by atoms with Crippen LogP contribution in [0.15, 0.2) is 0 Å². The molecule has 0 fully saturated rings. The summed E-state index contributed by atoms with van der Waals surface area (Å²) >= 11 is 0. The van der Waals surface area contributed by atoms with E-state index in [0.717, 1.165) is 0 Å². The average Bonchev–Trinajstić information content (AvgIpc) is 1.59. The lowest BCUT2D eigenvalue weighted by atomic mass is 10.7. The highest BCUT2D eigenvalue weighted by molar-refractivity contribution is 4.42. The predicted octanol–water partition coefficient (Wildman–Crippen LogP) is 0.608. The predicted molar refractivity (Wildman–Crippen MR) is 23.7 cm³/mol. The molecule has 0 heterocycles. The van der Waals surface area contributed by atoms with E-state index in [4.69, 9.17) is 5.11 Å². The summed E-state index contributed by atoms with van der Waals surface area (Å²) in [5, 5.41) is 7.69. The Hall–Kier alpha value is -0.220. The molecular formula is C4H8F2O2.